The molecule has 2 aromatic heterocycles. The largest absolute Gasteiger partial charge is 0.471 e. The first-order valence-corrected chi connectivity index (χ1v) is 7.37. The monoisotopic (exact) mass is 289 g/mol. The maximum Gasteiger partial charge on any atom is 0.221 e. The van der Waals surface area contributed by atoms with Crippen molar-refractivity contribution in [2.24, 2.45) is 0 Å². The summed E-state index contributed by atoms with van der Waals surface area (Å²) in [5, 5.41) is 4.16. The summed E-state index contributed by atoms with van der Waals surface area (Å²) < 4.78 is 5.82. The van der Waals surface area contributed by atoms with Gasteiger partial charge in [0.05, 0.1) is 0 Å². The minimum atomic E-state index is 0.457. The zero-order valence-electron chi connectivity index (χ0n) is 10.2. The van der Waals surface area contributed by atoms with Crippen LogP contribution in [0.2, 0.25) is 0 Å². The van der Waals surface area contributed by atoms with E-state index < -0.39 is 0 Å². The van der Waals surface area contributed by atoms with Crippen molar-refractivity contribution in [3.63, 3.8) is 0 Å². The van der Waals surface area contributed by atoms with E-state index in [1.165, 1.54) is 4.88 Å². The zero-order valence-corrected chi connectivity index (χ0v) is 11.7. The number of fused-ring (bicyclic) bond motifs is 1. The van der Waals surface area contributed by atoms with E-state index in [1.54, 1.807) is 17.5 Å². The van der Waals surface area contributed by atoms with Crippen LogP contribution < -0.4 is 4.74 Å². The Labute approximate surface area is 120 Å². The molecule has 96 valence electrons. The van der Waals surface area contributed by atoms with E-state index in [2.05, 4.69) is 11.1 Å². The van der Waals surface area contributed by atoms with Crippen LogP contribution in [0.25, 0.3) is 10.8 Å². The molecular formula is C15H12ClNOS. The molecule has 3 aromatic rings. The minimum absolute atomic E-state index is 0.457. The number of pyridine rings is 1. The number of halogens is 1. The number of ether oxygens (including phenoxy) is 1. The first-order valence-electron chi connectivity index (χ1n) is 5.96. The molecule has 0 aliphatic heterocycles. The average Bonchev–Trinajstić information content (AvgIpc) is 2.98. The summed E-state index contributed by atoms with van der Waals surface area (Å²) in [5.74, 6) is 1.12. The summed E-state index contributed by atoms with van der Waals surface area (Å²) in [6.07, 6.45) is 1.79. The summed E-state index contributed by atoms with van der Waals surface area (Å²) in [6, 6.07) is 12.1. The lowest BCUT2D eigenvalue weighted by atomic mass is 10.1. The normalized spacial score (nSPS) is 10.8. The molecule has 0 saturated carbocycles. The number of alkyl halides is 1. The Morgan fingerprint density at radius 3 is 2.68 bits per heavy atom. The second kappa shape index (κ2) is 5.59. The van der Waals surface area contributed by atoms with Crippen LogP contribution in [0.1, 0.15) is 10.4 Å². The molecule has 0 N–H and O–H groups in total. The molecule has 0 saturated heterocycles. The van der Waals surface area contributed by atoms with Gasteiger partial charge in [0.25, 0.3) is 0 Å². The maximum atomic E-state index is 5.94. The van der Waals surface area contributed by atoms with Gasteiger partial charge in [-0.1, -0.05) is 24.3 Å². The van der Waals surface area contributed by atoms with Gasteiger partial charge in [-0.25, -0.2) is 4.98 Å². The molecule has 0 spiro atoms. The van der Waals surface area contributed by atoms with Crippen LogP contribution in [0.5, 0.6) is 5.88 Å². The number of rotatable bonds is 4. The number of nitrogens with zero attached hydrogens (tertiary/aromatic N) is 1. The summed E-state index contributed by atoms with van der Waals surface area (Å²) in [5.41, 5.74) is 1.03. The SMILES string of the molecule is ClCc1cnc(OCc2cccs2)c2ccccc12. The summed E-state index contributed by atoms with van der Waals surface area (Å²) in [4.78, 5) is 5.56. The average molecular weight is 290 g/mol. The molecule has 0 fully saturated rings. The molecule has 0 radical (unpaired) electrons. The fraction of sp³-hybridized carbons (Fsp3) is 0.133. The highest BCUT2D eigenvalue weighted by Crippen LogP contribution is 2.27. The molecule has 1 aromatic carbocycles. The van der Waals surface area contributed by atoms with Crippen molar-refractivity contribution in [2.45, 2.75) is 12.5 Å². The molecule has 0 atom stereocenters. The molecule has 0 unspecified atom stereocenters. The Morgan fingerprint density at radius 1 is 1.11 bits per heavy atom. The van der Waals surface area contributed by atoms with Crippen LogP contribution in [-0.4, -0.2) is 4.98 Å². The van der Waals surface area contributed by atoms with Crippen molar-refractivity contribution in [3.05, 3.63) is 58.4 Å². The van der Waals surface area contributed by atoms with E-state index in [4.69, 9.17) is 16.3 Å². The van der Waals surface area contributed by atoms with Gasteiger partial charge in [0.2, 0.25) is 5.88 Å². The molecule has 19 heavy (non-hydrogen) atoms. The van der Waals surface area contributed by atoms with Crippen LogP contribution in [-0.2, 0) is 12.5 Å². The Kier molecular flexibility index (Phi) is 3.67. The van der Waals surface area contributed by atoms with Gasteiger partial charge in [-0.2, -0.15) is 0 Å². The first-order chi connectivity index (χ1) is 9.38. The van der Waals surface area contributed by atoms with Gasteiger partial charge in [0.1, 0.15) is 6.61 Å². The van der Waals surface area contributed by atoms with Crippen LogP contribution in [0.3, 0.4) is 0 Å². The van der Waals surface area contributed by atoms with Gasteiger partial charge in [0, 0.05) is 22.3 Å². The summed E-state index contributed by atoms with van der Waals surface area (Å²) in [7, 11) is 0. The van der Waals surface area contributed by atoms with Crippen molar-refractivity contribution in [1.82, 2.24) is 4.98 Å². The van der Waals surface area contributed by atoms with Crippen molar-refractivity contribution in [2.75, 3.05) is 0 Å². The highest BCUT2D eigenvalue weighted by molar-refractivity contribution is 7.09. The Hall–Kier alpha value is -1.58. The third-order valence-electron chi connectivity index (χ3n) is 2.92. The zero-order chi connectivity index (χ0) is 13.1. The Bertz CT molecular complexity index is 682. The fourth-order valence-electron chi connectivity index (χ4n) is 1.98. The lowest BCUT2D eigenvalue weighted by Gasteiger charge is -2.09. The number of benzene rings is 1. The van der Waals surface area contributed by atoms with Gasteiger partial charge < -0.3 is 4.74 Å². The van der Waals surface area contributed by atoms with E-state index >= 15 is 0 Å². The minimum Gasteiger partial charge on any atom is -0.471 e. The summed E-state index contributed by atoms with van der Waals surface area (Å²) >= 11 is 7.62. The van der Waals surface area contributed by atoms with E-state index in [0.717, 1.165) is 16.3 Å². The third kappa shape index (κ3) is 2.57. The van der Waals surface area contributed by atoms with Crippen molar-refractivity contribution < 1.29 is 4.74 Å². The molecule has 4 heteroatoms. The van der Waals surface area contributed by atoms with Gasteiger partial charge in [-0.05, 0) is 28.5 Å². The van der Waals surface area contributed by atoms with E-state index in [1.807, 2.05) is 35.7 Å². The topological polar surface area (TPSA) is 22.1 Å². The van der Waals surface area contributed by atoms with E-state index in [0.29, 0.717) is 18.4 Å². The van der Waals surface area contributed by atoms with Gasteiger partial charge in [0.15, 0.2) is 0 Å². The molecule has 0 bridgehead atoms. The van der Waals surface area contributed by atoms with Crippen LogP contribution in [0.15, 0.2) is 48.0 Å². The summed E-state index contributed by atoms with van der Waals surface area (Å²) in [6.45, 7) is 0.550. The second-order valence-corrected chi connectivity index (χ2v) is 5.44. The molecule has 0 amide bonds. The maximum absolute atomic E-state index is 5.94. The standard InChI is InChI=1S/C15H12ClNOS/c16-8-11-9-17-15(14-6-2-1-5-13(11)14)18-10-12-4-3-7-19-12/h1-7,9H,8,10H2. The van der Waals surface area contributed by atoms with Crippen molar-refractivity contribution >= 4 is 33.7 Å². The number of hydrogen-bond donors (Lipinski definition) is 0. The van der Waals surface area contributed by atoms with Crippen LogP contribution >= 0.6 is 22.9 Å². The first kappa shape index (κ1) is 12.5. The number of aromatic nitrogens is 1. The molecular weight excluding hydrogens is 278 g/mol. The van der Waals surface area contributed by atoms with Crippen LogP contribution in [0, 0.1) is 0 Å². The van der Waals surface area contributed by atoms with Gasteiger partial charge >= 0.3 is 0 Å². The Morgan fingerprint density at radius 2 is 1.95 bits per heavy atom. The lowest BCUT2D eigenvalue weighted by molar-refractivity contribution is 0.301. The van der Waals surface area contributed by atoms with E-state index in [-0.39, 0.29) is 0 Å². The predicted molar refractivity (Wildman–Crippen MR) is 80.0 cm³/mol. The van der Waals surface area contributed by atoms with Gasteiger partial charge in [-0.15, -0.1) is 22.9 Å². The quantitative estimate of drug-likeness (QED) is 0.654. The number of hydrogen-bond acceptors (Lipinski definition) is 3. The molecule has 2 heterocycles. The Balaban J connectivity index is 1.95. The van der Waals surface area contributed by atoms with Crippen molar-refractivity contribution in [1.29, 1.82) is 0 Å². The molecule has 0 aliphatic rings. The van der Waals surface area contributed by atoms with Crippen LogP contribution in [0.4, 0.5) is 0 Å². The molecule has 0 aliphatic carbocycles. The number of thiophene rings is 1. The second-order valence-electron chi connectivity index (χ2n) is 4.14. The highest BCUT2D eigenvalue weighted by atomic mass is 35.5. The fourth-order valence-corrected chi connectivity index (χ4v) is 2.81. The smallest absolute Gasteiger partial charge is 0.221 e. The van der Waals surface area contributed by atoms with Crippen molar-refractivity contribution in [3.8, 4) is 5.88 Å². The molecule has 3 rings (SSSR count). The predicted octanol–water partition coefficient (Wildman–Crippen LogP) is 4.61. The third-order valence-corrected chi connectivity index (χ3v) is 4.05. The highest BCUT2D eigenvalue weighted by Gasteiger charge is 2.08. The molecule has 2 nitrogen and oxygen atoms in total. The lowest BCUT2D eigenvalue weighted by Crippen LogP contribution is -1.97. The van der Waals surface area contributed by atoms with Gasteiger partial charge in [-0.3, -0.25) is 0 Å². The van der Waals surface area contributed by atoms with E-state index in [9.17, 15) is 0 Å².